The van der Waals surface area contributed by atoms with Crippen molar-refractivity contribution in [1.29, 1.82) is 0 Å². The van der Waals surface area contributed by atoms with Crippen LogP contribution in [0.4, 0.5) is 16.3 Å². The molecule has 2 amide bonds. The molecule has 0 bridgehead atoms. The van der Waals surface area contributed by atoms with Crippen LogP contribution in [0, 0.1) is 0 Å². The number of para-hydroxylation sites is 1. The summed E-state index contributed by atoms with van der Waals surface area (Å²) >= 11 is 0. The van der Waals surface area contributed by atoms with E-state index in [-0.39, 0.29) is 5.82 Å². The Bertz CT molecular complexity index is 655. The molecule has 0 saturated heterocycles. The van der Waals surface area contributed by atoms with E-state index in [2.05, 4.69) is 19.8 Å². The highest BCUT2D eigenvalue weighted by atomic mass is 32.2. The Morgan fingerprint density at radius 2 is 1.89 bits per heavy atom. The number of benzene rings is 1. The molecular weight excluding hydrogens is 270 g/mol. The minimum atomic E-state index is -2.84. The molecule has 8 nitrogen and oxygen atoms in total. The van der Waals surface area contributed by atoms with Crippen LogP contribution in [-0.4, -0.2) is 29.9 Å². The molecule has 0 N–H and O–H groups in total. The molecule has 0 aliphatic carbocycles. The second-order valence-corrected chi connectivity index (χ2v) is 3.86. The average Bonchev–Trinajstić information content (AvgIpc) is 2.40. The molecule has 0 aliphatic heterocycles. The van der Waals surface area contributed by atoms with Crippen molar-refractivity contribution in [2.75, 3.05) is 4.90 Å². The van der Waals surface area contributed by atoms with Crippen LogP contribution >= 0.6 is 0 Å². The lowest BCUT2D eigenvalue weighted by Gasteiger charge is -2.17. The molecule has 0 fully saturated rings. The number of hydrogen-bond acceptors (Lipinski definition) is 6. The minimum Gasteiger partial charge on any atom is -0.244 e. The summed E-state index contributed by atoms with van der Waals surface area (Å²) < 4.78 is 24.0. The third-order valence-corrected chi connectivity index (χ3v) is 2.38. The molecule has 0 unspecified atom stereocenters. The Morgan fingerprint density at radius 1 is 1.16 bits per heavy atom. The maximum atomic E-state index is 11.8. The summed E-state index contributed by atoms with van der Waals surface area (Å²) in [7, 11) is -2.84. The van der Waals surface area contributed by atoms with Gasteiger partial charge in [-0.2, -0.15) is 8.42 Å². The van der Waals surface area contributed by atoms with Crippen LogP contribution in [0.25, 0.3) is 0 Å². The number of amides is 2. The summed E-state index contributed by atoms with van der Waals surface area (Å²) in [5.41, 5.74) is 0.419. The predicted molar refractivity (Wildman–Crippen MR) is 65.2 cm³/mol. The van der Waals surface area contributed by atoms with E-state index in [1.807, 2.05) is 0 Å². The number of urea groups is 1. The normalized spacial score (nSPS) is 9.68. The monoisotopic (exact) mass is 277 g/mol. The molecule has 0 aliphatic rings. The lowest BCUT2D eigenvalue weighted by atomic mass is 10.3. The van der Waals surface area contributed by atoms with Gasteiger partial charge in [-0.3, -0.25) is 0 Å². The van der Waals surface area contributed by atoms with Crippen molar-refractivity contribution in [3.8, 4) is 0 Å². The largest absolute Gasteiger partial charge is 0.368 e. The first-order chi connectivity index (χ1) is 9.18. The van der Waals surface area contributed by atoms with Crippen LogP contribution in [0.3, 0.4) is 0 Å². The molecule has 1 aromatic heterocycles. The highest BCUT2D eigenvalue weighted by molar-refractivity contribution is 7.62. The van der Waals surface area contributed by atoms with Gasteiger partial charge in [0.15, 0.2) is 5.82 Å². The summed E-state index contributed by atoms with van der Waals surface area (Å²) in [5, 5.41) is 10.6. The molecule has 2 rings (SSSR count). The number of aromatic nitrogens is 3. The van der Waals surface area contributed by atoms with Crippen LogP contribution in [0.2, 0.25) is 0 Å². The van der Waals surface area contributed by atoms with E-state index in [0.717, 1.165) is 4.90 Å². The standard InChI is InChI=1S/C10H7N5O3S/c16-10(13-19(17)18)15(8-4-2-1-3-5-8)9-6-7-11-14-12-9/h1-7H. The number of rotatable bonds is 2. The maximum absolute atomic E-state index is 11.8. The first-order valence-corrected chi connectivity index (χ1v) is 6.06. The molecule has 0 saturated carbocycles. The van der Waals surface area contributed by atoms with Crippen molar-refractivity contribution in [2.24, 2.45) is 4.36 Å². The highest BCUT2D eigenvalue weighted by Gasteiger charge is 2.19. The Balaban J connectivity index is 2.52. The molecule has 0 radical (unpaired) electrons. The Labute approximate surface area is 109 Å². The zero-order valence-corrected chi connectivity index (χ0v) is 10.2. The number of carbonyl (C=O) groups excluding carboxylic acids is 1. The molecule has 2 aromatic rings. The lowest BCUT2D eigenvalue weighted by Crippen LogP contribution is -2.23. The second-order valence-electron chi connectivity index (χ2n) is 3.24. The van der Waals surface area contributed by atoms with Gasteiger partial charge in [-0.05, 0) is 17.3 Å². The first-order valence-electron chi connectivity index (χ1n) is 5.03. The van der Waals surface area contributed by atoms with E-state index in [1.165, 1.54) is 12.3 Å². The van der Waals surface area contributed by atoms with Gasteiger partial charge in [0.05, 0.1) is 11.9 Å². The quantitative estimate of drug-likeness (QED) is 0.816. The van der Waals surface area contributed by atoms with Gasteiger partial charge in [0.2, 0.25) is 0 Å². The van der Waals surface area contributed by atoms with Gasteiger partial charge in [0, 0.05) is 6.07 Å². The molecule has 19 heavy (non-hydrogen) atoms. The lowest BCUT2D eigenvalue weighted by molar-refractivity contribution is 0.256. The molecular formula is C10H7N5O3S. The molecule has 0 atom stereocenters. The van der Waals surface area contributed by atoms with Gasteiger partial charge < -0.3 is 0 Å². The molecule has 9 heteroatoms. The van der Waals surface area contributed by atoms with Crippen molar-refractivity contribution in [3.05, 3.63) is 42.6 Å². The van der Waals surface area contributed by atoms with Crippen molar-refractivity contribution in [2.45, 2.75) is 0 Å². The number of nitrogens with zero attached hydrogens (tertiary/aromatic N) is 5. The second kappa shape index (κ2) is 5.78. The zero-order chi connectivity index (χ0) is 13.7. The Morgan fingerprint density at radius 3 is 2.47 bits per heavy atom. The third kappa shape index (κ3) is 3.16. The number of carbonyl (C=O) groups is 1. The van der Waals surface area contributed by atoms with E-state index >= 15 is 0 Å². The first kappa shape index (κ1) is 12.8. The van der Waals surface area contributed by atoms with E-state index in [9.17, 15) is 13.2 Å². The molecule has 1 heterocycles. The fourth-order valence-corrected chi connectivity index (χ4v) is 1.59. The van der Waals surface area contributed by atoms with Crippen molar-refractivity contribution in [1.82, 2.24) is 15.4 Å². The molecule has 96 valence electrons. The van der Waals surface area contributed by atoms with Gasteiger partial charge >= 0.3 is 16.5 Å². The van der Waals surface area contributed by atoms with E-state index in [0.29, 0.717) is 5.69 Å². The van der Waals surface area contributed by atoms with Crippen LogP contribution in [0.5, 0.6) is 0 Å². The topological polar surface area (TPSA) is 105 Å². The maximum Gasteiger partial charge on any atom is 0.368 e. The van der Waals surface area contributed by atoms with Gasteiger partial charge in [-0.1, -0.05) is 22.6 Å². The fraction of sp³-hybridized carbons (Fsp3) is 0. The predicted octanol–water partition coefficient (Wildman–Crippen LogP) is 1.19. The van der Waals surface area contributed by atoms with Gasteiger partial charge in [0.1, 0.15) is 0 Å². The van der Waals surface area contributed by atoms with Crippen LogP contribution < -0.4 is 4.90 Å². The summed E-state index contributed by atoms with van der Waals surface area (Å²) in [6.07, 6.45) is 1.33. The highest BCUT2D eigenvalue weighted by Crippen LogP contribution is 2.23. The van der Waals surface area contributed by atoms with Crippen molar-refractivity contribution < 1.29 is 13.2 Å². The summed E-state index contributed by atoms with van der Waals surface area (Å²) in [6.45, 7) is 0. The van der Waals surface area contributed by atoms with Crippen LogP contribution in [0.1, 0.15) is 0 Å². The van der Waals surface area contributed by atoms with Crippen molar-refractivity contribution in [3.63, 3.8) is 0 Å². The fourth-order valence-electron chi connectivity index (χ4n) is 1.38. The average molecular weight is 277 g/mol. The van der Waals surface area contributed by atoms with Gasteiger partial charge in [-0.15, -0.1) is 10.2 Å². The van der Waals surface area contributed by atoms with Gasteiger partial charge in [-0.25, -0.2) is 9.69 Å². The number of hydrogen-bond donors (Lipinski definition) is 0. The van der Waals surface area contributed by atoms with E-state index in [1.54, 1.807) is 30.3 Å². The Kier molecular flexibility index (Phi) is 3.88. The zero-order valence-electron chi connectivity index (χ0n) is 9.41. The minimum absolute atomic E-state index is 0.125. The third-order valence-electron chi connectivity index (χ3n) is 2.08. The van der Waals surface area contributed by atoms with Crippen LogP contribution in [-0.2, 0) is 10.5 Å². The van der Waals surface area contributed by atoms with E-state index < -0.39 is 16.5 Å². The summed E-state index contributed by atoms with van der Waals surface area (Å²) in [6, 6.07) is 8.80. The van der Waals surface area contributed by atoms with Crippen LogP contribution in [0.15, 0.2) is 47.0 Å². The SMILES string of the molecule is O=C(N=S(=O)=O)N(c1ccccc1)c1ccnnn1. The smallest absolute Gasteiger partial charge is 0.244 e. The number of anilines is 2. The van der Waals surface area contributed by atoms with Gasteiger partial charge in [0.25, 0.3) is 0 Å². The molecule has 0 spiro atoms. The van der Waals surface area contributed by atoms with E-state index in [4.69, 9.17) is 0 Å². The summed E-state index contributed by atoms with van der Waals surface area (Å²) in [4.78, 5) is 12.9. The Hall–Kier alpha value is -2.68. The molecule has 1 aromatic carbocycles. The summed E-state index contributed by atoms with van der Waals surface area (Å²) in [5.74, 6) is 0.125. The van der Waals surface area contributed by atoms with Crippen molar-refractivity contribution >= 4 is 28.0 Å².